The van der Waals surface area contributed by atoms with Gasteiger partial charge in [-0.05, 0) is 54.8 Å². The van der Waals surface area contributed by atoms with E-state index in [1.54, 1.807) is 12.1 Å². The van der Waals surface area contributed by atoms with Crippen LogP contribution in [0.1, 0.15) is 18.1 Å². The second-order valence-corrected chi connectivity index (χ2v) is 13.2. The average molecular weight is 785 g/mol. The highest BCUT2D eigenvalue weighted by Gasteiger charge is 2.53. The van der Waals surface area contributed by atoms with Crippen LogP contribution in [0.15, 0.2) is 42.5 Å². The number of rotatable bonds is 14. The van der Waals surface area contributed by atoms with Crippen molar-refractivity contribution in [2.24, 2.45) is 0 Å². The molecule has 5 rings (SSSR count). The fourth-order valence-electron chi connectivity index (χ4n) is 6.18. The van der Waals surface area contributed by atoms with Crippen LogP contribution in [0.25, 0.3) is 6.08 Å². The molecule has 14 atom stereocenters. The lowest BCUT2D eigenvalue weighted by molar-refractivity contribution is -0.362. The maximum Gasteiger partial charge on any atom is 0.331 e. The van der Waals surface area contributed by atoms with Gasteiger partial charge in [-0.25, -0.2) is 4.79 Å². The van der Waals surface area contributed by atoms with Crippen LogP contribution in [0, 0.1) is 0 Å². The highest BCUT2D eigenvalue weighted by Crippen LogP contribution is 2.33. The number of aliphatic hydroxyl groups excluding tert-OH is 7. The number of methoxy groups -OCH3 is 2. The topological polar surface area (TPSA) is 282 Å². The summed E-state index contributed by atoms with van der Waals surface area (Å²) in [5, 5.41) is 93.9. The number of hydrogen-bond acceptors (Lipinski definition) is 19. The highest BCUT2D eigenvalue weighted by molar-refractivity contribution is 5.87. The van der Waals surface area contributed by atoms with Crippen molar-refractivity contribution in [2.75, 3.05) is 34.0 Å². The summed E-state index contributed by atoms with van der Waals surface area (Å²) in [6, 6.07) is 9.00. The van der Waals surface area contributed by atoms with Crippen LogP contribution in [-0.4, -0.2) is 172 Å². The predicted molar refractivity (Wildman–Crippen MR) is 183 cm³/mol. The molecule has 3 heterocycles. The van der Waals surface area contributed by atoms with Crippen molar-refractivity contribution in [3.8, 4) is 23.0 Å². The number of aliphatic hydroxyl groups is 7. The SMILES string of the molecule is COc1ccc(CCO[C@@H]2O[C@@H](CO[C@@H]3OC[C@H](O)[C@H](O)[C@@H]3O)[C@@H](OC(=O)C=Cc3ccc(O)c(OC)c3)[C@H](O[C@@H]3O[C@@H](C)[C@@H](O)[C@@H](O)[C@@H]3O)[C@H]2O)cc1O. The highest BCUT2D eigenvalue weighted by atomic mass is 16.8. The fraction of sp³-hybridized carbons (Fsp3) is 0.583. The van der Waals surface area contributed by atoms with Gasteiger partial charge in [-0.3, -0.25) is 0 Å². The molecule has 0 spiro atoms. The molecule has 3 fully saturated rings. The van der Waals surface area contributed by atoms with Crippen LogP contribution in [0.4, 0.5) is 0 Å². The minimum absolute atomic E-state index is 0.101. The first-order chi connectivity index (χ1) is 26.2. The van der Waals surface area contributed by atoms with Crippen molar-refractivity contribution >= 4 is 12.0 Å². The first kappa shape index (κ1) is 42.5. The maximum absolute atomic E-state index is 13.4. The lowest BCUT2D eigenvalue weighted by Crippen LogP contribution is -2.65. The zero-order chi connectivity index (χ0) is 40.0. The minimum Gasteiger partial charge on any atom is -0.504 e. The van der Waals surface area contributed by atoms with Crippen molar-refractivity contribution in [3.63, 3.8) is 0 Å². The molecule has 0 aliphatic carbocycles. The van der Waals surface area contributed by atoms with E-state index in [1.807, 2.05) is 0 Å². The molecule has 0 aromatic heterocycles. The molecular formula is C36H48O19. The van der Waals surface area contributed by atoms with Crippen LogP contribution in [0.5, 0.6) is 23.0 Å². The van der Waals surface area contributed by atoms with Gasteiger partial charge in [-0.2, -0.15) is 0 Å². The molecule has 0 saturated carbocycles. The number of esters is 1. The largest absolute Gasteiger partial charge is 0.504 e. The third-order valence-electron chi connectivity index (χ3n) is 9.38. The number of aromatic hydroxyl groups is 2. The number of phenolic OH excluding ortho intramolecular Hbond substituents is 2. The molecule has 0 bridgehead atoms. The molecule has 0 radical (unpaired) electrons. The van der Waals surface area contributed by atoms with Crippen LogP contribution in [-0.2, 0) is 44.4 Å². The molecule has 306 valence electrons. The number of carbonyl (C=O) groups is 1. The Morgan fingerprint density at radius 1 is 0.764 bits per heavy atom. The van der Waals surface area contributed by atoms with Gasteiger partial charge in [0.1, 0.15) is 54.9 Å². The molecule has 19 nitrogen and oxygen atoms in total. The number of hydrogen-bond donors (Lipinski definition) is 9. The normalized spacial score (nSPS) is 35.4. The van der Waals surface area contributed by atoms with Crippen LogP contribution in [0.3, 0.4) is 0 Å². The Balaban J connectivity index is 1.42. The standard InChI is InChI=1S/C36H48O19/c1-16-26(41)28(43)30(45)36(52-16)55-33-31(46)35(49-11-10-18-5-8-22(47-2)20(38)12-18)53-24(15-51-34-29(44)27(42)21(39)14-50-34)32(33)54-25(40)9-6-17-4-7-19(37)23(13-17)48-3/h4-9,12-13,16,21,24,26-39,41-46H,10-11,14-15H2,1-3H3/t16-,21-,24-,26+,27-,28+,29-,30-,31+,32+,33+,34-,35+,36-/m0/s1. The zero-order valence-corrected chi connectivity index (χ0v) is 30.1. The van der Waals surface area contributed by atoms with E-state index < -0.39 is 98.6 Å². The Labute approximate surface area is 315 Å². The zero-order valence-electron chi connectivity index (χ0n) is 30.1. The van der Waals surface area contributed by atoms with Crippen LogP contribution < -0.4 is 9.47 Å². The Hall–Kier alpha value is -3.67. The molecular weight excluding hydrogens is 736 g/mol. The Bertz CT molecular complexity index is 1590. The summed E-state index contributed by atoms with van der Waals surface area (Å²) in [4.78, 5) is 13.4. The van der Waals surface area contributed by atoms with Crippen LogP contribution in [0.2, 0.25) is 0 Å². The summed E-state index contributed by atoms with van der Waals surface area (Å²) >= 11 is 0. The third kappa shape index (κ3) is 10.2. The van der Waals surface area contributed by atoms with Crippen molar-refractivity contribution in [1.29, 1.82) is 0 Å². The van der Waals surface area contributed by atoms with Gasteiger partial charge in [0.25, 0.3) is 0 Å². The molecule has 3 aliphatic rings. The Morgan fingerprint density at radius 3 is 2.20 bits per heavy atom. The Kier molecular flexibility index (Phi) is 14.7. The van der Waals surface area contributed by atoms with E-state index in [0.29, 0.717) is 11.1 Å². The number of benzene rings is 2. The lowest BCUT2D eigenvalue weighted by atomic mass is 9.96. The van der Waals surface area contributed by atoms with Crippen molar-refractivity contribution in [2.45, 2.75) is 99.4 Å². The number of carbonyl (C=O) groups excluding carboxylic acids is 1. The molecule has 3 aliphatic heterocycles. The number of ether oxygens (including phenoxy) is 9. The van der Waals surface area contributed by atoms with E-state index in [4.69, 9.17) is 42.6 Å². The van der Waals surface area contributed by atoms with E-state index in [-0.39, 0.29) is 42.6 Å². The van der Waals surface area contributed by atoms with Gasteiger partial charge < -0.3 is 88.6 Å². The monoisotopic (exact) mass is 784 g/mol. The summed E-state index contributed by atoms with van der Waals surface area (Å²) in [7, 11) is 2.75. The van der Waals surface area contributed by atoms with Crippen molar-refractivity contribution in [1.82, 2.24) is 0 Å². The lowest BCUT2D eigenvalue weighted by Gasteiger charge is -2.47. The minimum atomic E-state index is -1.84. The quantitative estimate of drug-likeness (QED) is 0.0744. The summed E-state index contributed by atoms with van der Waals surface area (Å²) in [6.45, 7) is 0.361. The van der Waals surface area contributed by atoms with E-state index in [9.17, 15) is 50.8 Å². The fourth-order valence-corrected chi connectivity index (χ4v) is 6.18. The summed E-state index contributed by atoms with van der Waals surface area (Å²) < 4.78 is 50.6. The second kappa shape index (κ2) is 19.0. The second-order valence-electron chi connectivity index (χ2n) is 13.2. The van der Waals surface area contributed by atoms with Crippen LogP contribution >= 0.6 is 0 Å². The van der Waals surface area contributed by atoms with Gasteiger partial charge in [0, 0.05) is 6.08 Å². The molecule has 0 amide bonds. The van der Waals surface area contributed by atoms with E-state index in [2.05, 4.69) is 0 Å². The van der Waals surface area contributed by atoms with E-state index >= 15 is 0 Å². The molecule has 3 saturated heterocycles. The molecule has 9 N–H and O–H groups in total. The van der Waals surface area contributed by atoms with Gasteiger partial charge in [0.15, 0.2) is 48.0 Å². The van der Waals surface area contributed by atoms with Gasteiger partial charge in [-0.15, -0.1) is 0 Å². The molecule has 0 unspecified atom stereocenters. The van der Waals surface area contributed by atoms with Gasteiger partial charge >= 0.3 is 5.97 Å². The molecule has 2 aromatic rings. The Morgan fingerprint density at radius 2 is 1.49 bits per heavy atom. The van der Waals surface area contributed by atoms with E-state index in [0.717, 1.165) is 6.08 Å². The smallest absolute Gasteiger partial charge is 0.331 e. The first-order valence-electron chi connectivity index (χ1n) is 17.4. The molecule has 55 heavy (non-hydrogen) atoms. The molecule has 19 heteroatoms. The van der Waals surface area contributed by atoms with Crippen molar-refractivity contribution in [3.05, 3.63) is 53.6 Å². The summed E-state index contributed by atoms with van der Waals surface area (Å²) in [5.74, 6) is -0.848. The molecule has 2 aromatic carbocycles. The predicted octanol–water partition coefficient (Wildman–Crippen LogP) is -1.95. The van der Waals surface area contributed by atoms with Gasteiger partial charge in [0.05, 0.1) is 40.1 Å². The summed E-state index contributed by atoms with van der Waals surface area (Å²) in [6.07, 6.45) is -19.4. The maximum atomic E-state index is 13.4. The summed E-state index contributed by atoms with van der Waals surface area (Å²) in [5.41, 5.74) is 1.06. The van der Waals surface area contributed by atoms with Crippen molar-refractivity contribution < 1.29 is 93.4 Å². The first-order valence-corrected chi connectivity index (χ1v) is 17.4. The number of phenols is 2. The third-order valence-corrected chi connectivity index (χ3v) is 9.38. The van der Waals surface area contributed by atoms with E-state index in [1.165, 1.54) is 51.5 Å². The van der Waals surface area contributed by atoms with Gasteiger partial charge in [0.2, 0.25) is 0 Å². The van der Waals surface area contributed by atoms with Gasteiger partial charge in [-0.1, -0.05) is 12.1 Å². The average Bonchev–Trinajstić information content (AvgIpc) is 3.17.